The van der Waals surface area contributed by atoms with Crippen LogP contribution in [0.4, 0.5) is 10.2 Å². The second-order valence-corrected chi connectivity index (χ2v) is 5.43. The molecule has 2 rings (SSSR count). The summed E-state index contributed by atoms with van der Waals surface area (Å²) in [6, 6.07) is 1.40. The normalized spacial score (nSPS) is 16.7. The van der Waals surface area contributed by atoms with E-state index in [-0.39, 0.29) is 23.3 Å². The maximum atomic E-state index is 14.2. The zero-order chi connectivity index (χ0) is 15.2. The highest BCUT2D eigenvalue weighted by molar-refractivity contribution is 5.95. The van der Waals surface area contributed by atoms with Gasteiger partial charge < -0.3 is 15.5 Å². The van der Waals surface area contributed by atoms with E-state index >= 15 is 0 Å². The molecular weight excluding hydrogens is 271 g/mol. The number of pyridine rings is 1. The molecule has 5 nitrogen and oxygen atoms in total. The van der Waals surface area contributed by atoms with Crippen LogP contribution in [0.5, 0.6) is 0 Å². The summed E-state index contributed by atoms with van der Waals surface area (Å²) in [6.07, 6.45) is 3.87. The number of carbonyl (C=O) groups excluding carboxylic acids is 1. The largest absolute Gasteiger partial charge is 0.368 e. The lowest BCUT2D eigenvalue weighted by Gasteiger charge is -2.21. The highest BCUT2D eigenvalue weighted by atomic mass is 19.1. The van der Waals surface area contributed by atoms with E-state index in [2.05, 4.69) is 20.5 Å². The first kappa shape index (κ1) is 15.7. The van der Waals surface area contributed by atoms with E-state index in [0.717, 1.165) is 19.6 Å². The van der Waals surface area contributed by atoms with Crippen LogP contribution in [0.25, 0.3) is 0 Å². The van der Waals surface area contributed by atoms with Gasteiger partial charge in [-0.25, -0.2) is 9.37 Å². The molecule has 0 saturated carbocycles. The van der Waals surface area contributed by atoms with Crippen molar-refractivity contribution in [3.05, 3.63) is 23.6 Å². The van der Waals surface area contributed by atoms with Crippen LogP contribution in [-0.4, -0.2) is 48.0 Å². The van der Waals surface area contributed by atoms with Gasteiger partial charge >= 0.3 is 0 Å². The van der Waals surface area contributed by atoms with Crippen LogP contribution in [0.3, 0.4) is 0 Å². The van der Waals surface area contributed by atoms with Crippen LogP contribution >= 0.6 is 0 Å². The van der Waals surface area contributed by atoms with Crippen molar-refractivity contribution in [3.8, 4) is 0 Å². The summed E-state index contributed by atoms with van der Waals surface area (Å²) in [4.78, 5) is 18.4. The van der Waals surface area contributed by atoms with Gasteiger partial charge in [-0.05, 0) is 45.8 Å². The third kappa shape index (κ3) is 4.14. The van der Waals surface area contributed by atoms with E-state index < -0.39 is 5.82 Å². The van der Waals surface area contributed by atoms with Crippen molar-refractivity contribution < 1.29 is 9.18 Å². The highest BCUT2D eigenvalue weighted by Gasteiger charge is 2.19. The quantitative estimate of drug-likeness (QED) is 0.841. The van der Waals surface area contributed by atoms with Gasteiger partial charge in [-0.3, -0.25) is 4.79 Å². The Morgan fingerprint density at radius 1 is 1.48 bits per heavy atom. The van der Waals surface area contributed by atoms with E-state index in [1.165, 1.54) is 25.1 Å². The summed E-state index contributed by atoms with van der Waals surface area (Å²) in [6.45, 7) is 7.31. The fraction of sp³-hybridized carbons (Fsp3) is 0.600. The van der Waals surface area contributed by atoms with Crippen molar-refractivity contribution in [2.45, 2.75) is 32.7 Å². The number of amides is 1. The first-order valence-electron chi connectivity index (χ1n) is 7.53. The first-order chi connectivity index (χ1) is 10.1. The lowest BCUT2D eigenvalue weighted by molar-refractivity contribution is 0.0928. The smallest absolute Gasteiger partial charge is 0.254 e. The van der Waals surface area contributed by atoms with E-state index in [0.29, 0.717) is 6.54 Å². The van der Waals surface area contributed by atoms with Gasteiger partial charge in [-0.2, -0.15) is 0 Å². The van der Waals surface area contributed by atoms with Crippen LogP contribution in [-0.2, 0) is 0 Å². The van der Waals surface area contributed by atoms with E-state index in [1.54, 1.807) is 0 Å². The van der Waals surface area contributed by atoms with Gasteiger partial charge in [-0.15, -0.1) is 0 Å². The predicted molar refractivity (Wildman–Crippen MR) is 81.0 cm³/mol. The number of carbonyl (C=O) groups is 1. The number of likely N-dealkylation sites (tertiary alicyclic amines) is 1. The molecule has 0 aromatic carbocycles. The first-order valence-corrected chi connectivity index (χ1v) is 7.53. The van der Waals surface area contributed by atoms with E-state index in [1.807, 2.05) is 13.8 Å². The van der Waals surface area contributed by atoms with Crippen molar-refractivity contribution in [1.29, 1.82) is 0 Å². The number of halogens is 1. The second kappa shape index (κ2) is 7.36. The average molecular weight is 294 g/mol. The Balaban J connectivity index is 1.97. The molecule has 116 valence electrons. The Bertz CT molecular complexity index is 489. The van der Waals surface area contributed by atoms with Crippen LogP contribution in [0.1, 0.15) is 37.0 Å². The summed E-state index contributed by atoms with van der Waals surface area (Å²) < 4.78 is 14.2. The molecule has 6 heteroatoms. The van der Waals surface area contributed by atoms with Gasteiger partial charge in [0.2, 0.25) is 0 Å². The topological polar surface area (TPSA) is 57.3 Å². The molecule has 1 unspecified atom stereocenters. The SMILES string of the molecule is CCNc1nccc(C(=O)NC(C)CN2CCCC2)c1F. The zero-order valence-corrected chi connectivity index (χ0v) is 12.7. The van der Waals surface area contributed by atoms with Crippen LogP contribution in [0.15, 0.2) is 12.3 Å². The van der Waals surface area contributed by atoms with Crippen LogP contribution < -0.4 is 10.6 Å². The molecule has 1 aromatic heterocycles. The minimum Gasteiger partial charge on any atom is -0.368 e. The fourth-order valence-electron chi connectivity index (χ4n) is 2.61. The van der Waals surface area contributed by atoms with Gasteiger partial charge in [0.05, 0.1) is 5.56 Å². The van der Waals surface area contributed by atoms with E-state index in [9.17, 15) is 9.18 Å². The van der Waals surface area contributed by atoms with Gasteiger partial charge in [-0.1, -0.05) is 0 Å². The molecule has 21 heavy (non-hydrogen) atoms. The number of anilines is 1. The van der Waals surface area contributed by atoms with Crippen LogP contribution in [0.2, 0.25) is 0 Å². The fourth-order valence-corrected chi connectivity index (χ4v) is 2.61. The number of hydrogen-bond acceptors (Lipinski definition) is 4. The molecule has 1 aliphatic rings. The van der Waals surface area contributed by atoms with Crippen molar-refractivity contribution in [2.24, 2.45) is 0 Å². The number of aromatic nitrogens is 1. The number of nitrogens with one attached hydrogen (secondary N) is 2. The standard InChI is InChI=1S/C15H23FN4O/c1-3-17-14-13(16)12(6-7-18-14)15(21)19-11(2)10-20-8-4-5-9-20/h6-7,11H,3-5,8-10H2,1-2H3,(H,17,18)(H,19,21). The third-order valence-electron chi connectivity index (χ3n) is 3.59. The molecule has 1 fully saturated rings. The molecule has 0 radical (unpaired) electrons. The second-order valence-electron chi connectivity index (χ2n) is 5.43. The Morgan fingerprint density at radius 2 is 2.19 bits per heavy atom. The Labute approximate surface area is 124 Å². The van der Waals surface area contributed by atoms with Crippen molar-refractivity contribution in [2.75, 3.05) is 31.5 Å². The van der Waals surface area contributed by atoms with Gasteiger partial charge in [0.25, 0.3) is 5.91 Å². The van der Waals surface area contributed by atoms with Gasteiger partial charge in [0.15, 0.2) is 11.6 Å². The molecule has 1 aromatic rings. The number of nitrogens with zero attached hydrogens (tertiary/aromatic N) is 2. The molecule has 1 amide bonds. The van der Waals surface area contributed by atoms with Crippen molar-refractivity contribution in [3.63, 3.8) is 0 Å². The molecular formula is C15H23FN4O. The molecule has 1 saturated heterocycles. The molecule has 2 N–H and O–H groups in total. The summed E-state index contributed by atoms with van der Waals surface area (Å²) in [5, 5.41) is 5.67. The third-order valence-corrected chi connectivity index (χ3v) is 3.59. The predicted octanol–water partition coefficient (Wildman–Crippen LogP) is 1.87. The molecule has 0 aliphatic carbocycles. The average Bonchev–Trinajstić information content (AvgIpc) is 2.94. The summed E-state index contributed by atoms with van der Waals surface area (Å²) in [7, 11) is 0. The Kier molecular flexibility index (Phi) is 5.50. The van der Waals surface area contributed by atoms with Crippen molar-refractivity contribution in [1.82, 2.24) is 15.2 Å². The highest BCUT2D eigenvalue weighted by Crippen LogP contribution is 2.15. The number of rotatable bonds is 6. The maximum Gasteiger partial charge on any atom is 0.254 e. The maximum absolute atomic E-state index is 14.2. The zero-order valence-electron chi connectivity index (χ0n) is 12.7. The summed E-state index contributed by atoms with van der Waals surface area (Å²) >= 11 is 0. The molecule has 1 aliphatic heterocycles. The molecule has 0 bridgehead atoms. The Morgan fingerprint density at radius 3 is 2.86 bits per heavy atom. The van der Waals surface area contributed by atoms with Crippen molar-refractivity contribution >= 4 is 11.7 Å². The molecule has 2 heterocycles. The van der Waals surface area contributed by atoms with E-state index in [4.69, 9.17) is 0 Å². The molecule has 0 spiro atoms. The monoisotopic (exact) mass is 294 g/mol. The minimum atomic E-state index is -0.592. The van der Waals surface area contributed by atoms with Gasteiger partial charge in [0, 0.05) is 25.3 Å². The van der Waals surface area contributed by atoms with Crippen LogP contribution in [0, 0.1) is 5.82 Å². The van der Waals surface area contributed by atoms with Gasteiger partial charge in [0.1, 0.15) is 0 Å². The minimum absolute atomic E-state index is 0.00857. The summed E-state index contributed by atoms with van der Waals surface area (Å²) in [5.41, 5.74) is 0.0363. The lowest BCUT2D eigenvalue weighted by atomic mass is 10.2. The molecule has 1 atom stereocenters. The Hall–Kier alpha value is -1.69. The number of hydrogen-bond donors (Lipinski definition) is 2. The summed E-state index contributed by atoms with van der Waals surface area (Å²) in [5.74, 6) is -0.858. The lowest BCUT2D eigenvalue weighted by Crippen LogP contribution is -2.41.